The number of esters is 1. The summed E-state index contributed by atoms with van der Waals surface area (Å²) in [4.78, 5) is 36.7. The number of amides is 1. The molecule has 4 rings (SSSR count). The quantitative estimate of drug-likeness (QED) is 0.367. The summed E-state index contributed by atoms with van der Waals surface area (Å²) >= 11 is 0. The number of para-hydroxylation sites is 2. The number of fused-ring (bicyclic) bond motifs is 1. The van der Waals surface area contributed by atoms with E-state index in [4.69, 9.17) is 4.74 Å². The maximum absolute atomic E-state index is 13.1. The molecule has 0 aliphatic carbocycles. The van der Waals surface area contributed by atoms with Gasteiger partial charge >= 0.3 is 5.97 Å². The van der Waals surface area contributed by atoms with Crippen molar-refractivity contribution in [1.29, 1.82) is 0 Å². The summed E-state index contributed by atoms with van der Waals surface area (Å²) in [7, 11) is -4.50. The van der Waals surface area contributed by atoms with Gasteiger partial charge in [-0.05, 0) is 24.1 Å². The van der Waals surface area contributed by atoms with Crippen LogP contribution in [0, 0.1) is 10.1 Å². The van der Waals surface area contributed by atoms with Gasteiger partial charge in [0.15, 0.2) is 11.5 Å². The average Bonchev–Trinajstić information content (AvgIpc) is 3.41. The molecule has 174 valence electrons. The highest BCUT2D eigenvalue weighted by Crippen LogP contribution is 2.32. The van der Waals surface area contributed by atoms with Gasteiger partial charge in [-0.3, -0.25) is 19.7 Å². The molecule has 1 amide bonds. The van der Waals surface area contributed by atoms with E-state index in [9.17, 15) is 33.2 Å². The van der Waals surface area contributed by atoms with E-state index in [1.807, 2.05) is 12.1 Å². The second-order valence-corrected chi connectivity index (χ2v) is 9.60. The number of ether oxygens (including phenoxy) is 1. The zero-order valence-corrected chi connectivity index (χ0v) is 18.2. The topological polar surface area (TPSA) is 147 Å². The van der Waals surface area contributed by atoms with Crippen LogP contribution in [0.25, 0.3) is 0 Å². The van der Waals surface area contributed by atoms with Gasteiger partial charge in [0.1, 0.15) is 6.04 Å². The first-order valence-electron chi connectivity index (χ1n) is 10.2. The molecular formula is C21H21N3O8S. The zero-order chi connectivity index (χ0) is 23.8. The van der Waals surface area contributed by atoms with Crippen LogP contribution >= 0.6 is 0 Å². The lowest BCUT2D eigenvalue weighted by Crippen LogP contribution is -2.43. The van der Waals surface area contributed by atoms with Crippen LogP contribution in [-0.4, -0.2) is 66.5 Å². The molecule has 11 nitrogen and oxygen atoms in total. The van der Waals surface area contributed by atoms with Crippen molar-refractivity contribution in [2.24, 2.45) is 0 Å². The minimum absolute atomic E-state index is 0.251. The fourth-order valence-electron chi connectivity index (χ4n) is 4.12. The number of carbonyl (C=O) groups excluding carboxylic acids is 2. The van der Waals surface area contributed by atoms with Gasteiger partial charge in [-0.25, -0.2) is 8.42 Å². The Morgan fingerprint density at radius 1 is 1.15 bits per heavy atom. The van der Waals surface area contributed by atoms with Gasteiger partial charge < -0.3 is 14.7 Å². The number of rotatable bonds is 6. The van der Waals surface area contributed by atoms with Crippen molar-refractivity contribution in [3.8, 4) is 0 Å². The van der Waals surface area contributed by atoms with Crippen molar-refractivity contribution < 1.29 is 32.8 Å². The molecule has 1 fully saturated rings. The molecule has 2 aromatic rings. The van der Waals surface area contributed by atoms with Crippen LogP contribution in [0.3, 0.4) is 0 Å². The van der Waals surface area contributed by atoms with Gasteiger partial charge in [0, 0.05) is 31.3 Å². The number of sulfonamides is 1. The molecule has 0 spiro atoms. The van der Waals surface area contributed by atoms with Gasteiger partial charge in [0.05, 0.1) is 11.0 Å². The third-order valence-electron chi connectivity index (χ3n) is 5.68. The SMILES string of the molecule is O=C(OCC(=O)N1CCc2ccccc21)[C@H]1CC(O)CN1S(=O)(=O)c1ccccc1[N+](=O)[O-]. The van der Waals surface area contributed by atoms with Crippen LogP contribution in [0.4, 0.5) is 11.4 Å². The summed E-state index contributed by atoms with van der Waals surface area (Å²) in [6, 6.07) is 10.7. The molecule has 2 aliphatic heterocycles. The van der Waals surface area contributed by atoms with Crippen LogP contribution in [0.15, 0.2) is 53.4 Å². The molecule has 2 atom stereocenters. The van der Waals surface area contributed by atoms with E-state index in [0.29, 0.717) is 17.3 Å². The first-order valence-corrected chi connectivity index (χ1v) is 11.6. The summed E-state index contributed by atoms with van der Waals surface area (Å²) in [5.74, 6) is -1.46. The smallest absolute Gasteiger partial charge is 0.325 e. The predicted molar refractivity (Wildman–Crippen MR) is 115 cm³/mol. The van der Waals surface area contributed by atoms with E-state index in [0.717, 1.165) is 23.4 Å². The zero-order valence-electron chi connectivity index (χ0n) is 17.4. The van der Waals surface area contributed by atoms with Crippen molar-refractivity contribution in [1.82, 2.24) is 4.31 Å². The Hall–Kier alpha value is -3.35. The lowest BCUT2D eigenvalue weighted by atomic mass is 10.2. The molecule has 0 radical (unpaired) electrons. The van der Waals surface area contributed by atoms with E-state index >= 15 is 0 Å². The first kappa shape index (κ1) is 22.8. The Balaban J connectivity index is 1.49. The minimum Gasteiger partial charge on any atom is -0.454 e. The van der Waals surface area contributed by atoms with E-state index < -0.39 is 62.7 Å². The number of nitro groups is 1. The molecule has 0 saturated carbocycles. The Kier molecular flexibility index (Phi) is 6.15. The number of nitro benzene ring substituents is 1. The Bertz CT molecular complexity index is 1220. The lowest BCUT2D eigenvalue weighted by Gasteiger charge is -2.23. The van der Waals surface area contributed by atoms with Gasteiger partial charge in [0.25, 0.3) is 21.6 Å². The fourth-order valence-corrected chi connectivity index (χ4v) is 5.91. The predicted octanol–water partition coefficient (Wildman–Crippen LogP) is 0.851. The number of hydrogen-bond donors (Lipinski definition) is 1. The third-order valence-corrected chi connectivity index (χ3v) is 7.60. The van der Waals surface area contributed by atoms with E-state index in [1.165, 1.54) is 17.0 Å². The fraction of sp³-hybridized carbons (Fsp3) is 0.333. The summed E-state index contributed by atoms with van der Waals surface area (Å²) < 4.78 is 32.1. The van der Waals surface area contributed by atoms with Crippen molar-refractivity contribution in [2.75, 3.05) is 24.6 Å². The molecule has 1 saturated heterocycles. The highest BCUT2D eigenvalue weighted by Gasteiger charge is 2.46. The summed E-state index contributed by atoms with van der Waals surface area (Å²) in [6.45, 7) is -0.587. The summed E-state index contributed by atoms with van der Waals surface area (Å²) in [6.07, 6.45) is -0.743. The molecule has 2 heterocycles. The normalized spacial score (nSPS) is 20.5. The molecule has 0 bridgehead atoms. The third kappa shape index (κ3) is 4.32. The van der Waals surface area contributed by atoms with Gasteiger partial charge in [0.2, 0.25) is 0 Å². The average molecular weight is 475 g/mol. The Morgan fingerprint density at radius 2 is 1.85 bits per heavy atom. The molecule has 33 heavy (non-hydrogen) atoms. The highest BCUT2D eigenvalue weighted by atomic mass is 32.2. The van der Waals surface area contributed by atoms with E-state index in [-0.39, 0.29) is 6.42 Å². The number of aliphatic hydroxyl groups is 1. The number of aliphatic hydroxyl groups excluding tert-OH is 1. The summed E-state index contributed by atoms with van der Waals surface area (Å²) in [5.41, 5.74) is 1.09. The van der Waals surface area contributed by atoms with Gasteiger partial charge in [-0.1, -0.05) is 30.3 Å². The van der Waals surface area contributed by atoms with Crippen LogP contribution in [0.1, 0.15) is 12.0 Å². The molecule has 2 aliphatic rings. The second kappa shape index (κ2) is 8.89. The molecular weight excluding hydrogens is 454 g/mol. The number of carbonyl (C=O) groups is 2. The molecule has 0 aromatic heterocycles. The number of benzene rings is 2. The first-order chi connectivity index (χ1) is 15.7. The van der Waals surface area contributed by atoms with Crippen LogP contribution in [0.5, 0.6) is 0 Å². The molecule has 1 unspecified atom stereocenters. The maximum atomic E-state index is 13.1. The van der Waals surface area contributed by atoms with Gasteiger partial charge in [-0.2, -0.15) is 4.31 Å². The standard InChI is InChI=1S/C21H21N3O8S/c25-15-11-18(23(12-15)33(30,31)19-8-4-3-7-17(19)24(28)29)21(27)32-13-20(26)22-10-9-14-5-1-2-6-16(14)22/h1-8,15,18,25H,9-13H2/t15?,18-/m1/s1. The minimum atomic E-state index is -4.50. The van der Waals surface area contributed by atoms with Crippen molar-refractivity contribution in [3.05, 3.63) is 64.2 Å². The monoisotopic (exact) mass is 475 g/mol. The van der Waals surface area contributed by atoms with E-state index in [1.54, 1.807) is 12.1 Å². The van der Waals surface area contributed by atoms with Gasteiger partial charge in [-0.15, -0.1) is 0 Å². The summed E-state index contributed by atoms with van der Waals surface area (Å²) in [5, 5.41) is 21.3. The molecule has 12 heteroatoms. The van der Waals surface area contributed by atoms with Crippen LogP contribution < -0.4 is 4.90 Å². The number of anilines is 1. The molecule has 2 aromatic carbocycles. The molecule has 1 N–H and O–H groups in total. The second-order valence-electron chi connectivity index (χ2n) is 7.74. The van der Waals surface area contributed by atoms with Crippen molar-refractivity contribution >= 4 is 33.3 Å². The largest absolute Gasteiger partial charge is 0.454 e. The van der Waals surface area contributed by atoms with Crippen molar-refractivity contribution in [3.63, 3.8) is 0 Å². The highest BCUT2D eigenvalue weighted by molar-refractivity contribution is 7.89. The van der Waals surface area contributed by atoms with Crippen LogP contribution in [-0.2, 0) is 30.8 Å². The van der Waals surface area contributed by atoms with Crippen LogP contribution in [0.2, 0.25) is 0 Å². The lowest BCUT2D eigenvalue weighted by molar-refractivity contribution is -0.387. The number of β-amino-alcohol motifs (C(OH)–C–C–N with tert-alkyl or cyclic N) is 1. The number of nitrogens with zero attached hydrogens (tertiary/aromatic N) is 3. The Labute approximate surface area is 189 Å². The number of hydrogen-bond acceptors (Lipinski definition) is 8. The maximum Gasteiger partial charge on any atom is 0.325 e. The Morgan fingerprint density at radius 3 is 2.61 bits per heavy atom. The van der Waals surface area contributed by atoms with Crippen molar-refractivity contribution in [2.45, 2.75) is 29.9 Å². The van der Waals surface area contributed by atoms with E-state index in [2.05, 4.69) is 0 Å².